The van der Waals surface area contributed by atoms with Crippen LogP contribution in [0.4, 0.5) is 0 Å². The Labute approximate surface area is 108 Å². The van der Waals surface area contributed by atoms with Crippen molar-refractivity contribution in [1.29, 1.82) is 0 Å². The summed E-state index contributed by atoms with van der Waals surface area (Å²) >= 11 is 0. The number of fused-ring (bicyclic) bond motifs is 1. The molecule has 1 aliphatic heterocycles. The topological polar surface area (TPSA) is 59.6 Å². The first-order valence-corrected chi connectivity index (χ1v) is 6.45. The molecular formula is C14H21N3O. The summed E-state index contributed by atoms with van der Waals surface area (Å²) in [6, 6.07) is 8.13. The molecule has 1 unspecified atom stereocenters. The number of guanidine groups is 1. The van der Waals surface area contributed by atoms with Crippen LogP contribution in [0, 0.1) is 5.92 Å². The first-order chi connectivity index (χ1) is 8.66. The molecule has 0 saturated carbocycles. The van der Waals surface area contributed by atoms with E-state index in [1.54, 1.807) is 0 Å². The molecule has 1 heterocycles. The lowest BCUT2D eigenvalue weighted by molar-refractivity contribution is 0.324. The quantitative estimate of drug-likeness (QED) is 0.632. The molecule has 1 aliphatic rings. The highest BCUT2D eigenvalue weighted by Crippen LogP contribution is 2.31. The lowest BCUT2D eigenvalue weighted by Crippen LogP contribution is -2.35. The number of hydrogen-bond acceptors (Lipinski definition) is 2. The van der Waals surface area contributed by atoms with Crippen molar-refractivity contribution < 1.29 is 4.74 Å². The van der Waals surface area contributed by atoms with Gasteiger partial charge in [-0.15, -0.1) is 0 Å². The van der Waals surface area contributed by atoms with E-state index in [1.165, 1.54) is 0 Å². The van der Waals surface area contributed by atoms with E-state index >= 15 is 0 Å². The predicted molar refractivity (Wildman–Crippen MR) is 73.8 cm³/mol. The van der Waals surface area contributed by atoms with Gasteiger partial charge in [0.25, 0.3) is 0 Å². The maximum Gasteiger partial charge on any atom is 0.189 e. The van der Waals surface area contributed by atoms with E-state index in [4.69, 9.17) is 10.5 Å². The van der Waals surface area contributed by atoms with Crippen molar-refractivity contribution in [2.75, 3.05) is 13.2 Å². The van der Waals surface area contributed by atoms with Crippen LogP contribution >= 0.6 is 0 Å². The SMILES string of the molecule is CC(C)CCN=C(N)NC1COc2ccccc21. The van der Waals surface area contributed by atoms with Gasteiger partial charge in [0.1, 0.15) is 12.4 Å². The molecule has 0 spiro atoms. The fraction of sp³-hybridized carbons (Fsp3) is 0.500. The van der Waals surface area contributed by atoms with Crippen LogP contribution in [0.15, 0.2) is 29.3 Å². The molecular weight excluding hydrogens is 226 g/mol. The van der Waals surface area contributed by atoms with Gasteiger partial charge in [-0.2, -0.15) is 0 Å². The fourth-order valence-electron chi connectivity index (χ4n) is 1.95. The highest BCUT2D eigenvalue weighted by Gasteiger charge is 2.23. The van der Waals surface area contributed by atoms with E-state index in [0.717, 1.165) is 24.3 Å². The van der Waals surface area contributed by atoms with Crippen molar-refractivity contribution in [1.82, 2.24) is 5.32 Å². The second kappa shape index (κ2) is 5.76. The van der Waals surface area contributed by atoms with Crippen LogP contribution in [0.2, 0.25) is 0 Å². The van der Waals surface area contributed by atoms with Crippen molar-refractivity contribution >= 4 is 5.96 Å². The number of para-hydroxylation sites is 1. The molecule has 0 radical (unpaired) electrons. The second-order valence-corrected chi connectivity index (χ2v) is 5.00. The van der Waals surface area contributed by atoms with Gasteiger partial charge in [-0.3, -0.25) is 4.99 Å². The summed E-state index contributed by atoms with van der Waals surface area (Å²) in [5.41, 5.74) is 7.03. The average molecular weight is 247 g/mol. The third kappa shape index (κ3) is 3.15. The Morgan fingerprint density at radius 1 is 1.50 bits per heavy atom. The summed E-state index contributed by atoms with van der Waals surface area (Å²) < 4.78 is 5.58. The van der Waals surface area contributed by atoms with E-state index in [1.807, 2.05) is 18.2 Å². The Hall–Kier alpha value is -1.71. The minimum absolute atomic E-state index is 0.115. The van der Waals surface area contributed by atoms with Gasteiger partial charge in [0.05, 0.1) is 6.04 Å². The van der Waals surface area contributed by atoms with Gasteiger partial charge in [0, 0.05) is 12.1 Å². The lowest BCUT2D eigenvalue weighted by Gasteiger charge is -2.12. The highest BCUT2D eigenvalue weighted by atomic mass is 16.5. The zero-order chi connectivity index (χ0) is 13.0. The molecule has 4 nitrogen and oxygen atoms in total. The Morgan fingerprint density at radius 3 is 3.06 bits per heavy atom. The number of ether oxygens (including phenoxy) is 1. The summed E-state index contributed by atoms with van der Waals surface area (Å²) in [7, 11) is 0. The van der Waals surface area contributed by atoms with Crippen LogP contribution in [-0.4, -0.2) is 19.1 Å². The molecule has 0 saturated heterocycles. The summed E-state index contributed by atoms with van der Waals surface area (Å²) in [5.74, 6) is 2.09. The average Bonchev–Trinajstić information content (AvgIpc) is 2.72. The largest absolute Gasteiger partial charge is 0.491 e. The standard InChI is InChI=1S/C14H21N3O/c1-10(2)7-8-16-14(15)17-12-9-18-13-6-4-3-5-11(12)13/h3-6,10,12H,7-9H2,1-2H3,(H3,15,16,17). The first-order valence-electron chi connectivity index (χ1n) is 6.45. The molecule has 98 valence electrons. The van der Waals surface area contributed by atoms with Gasteiger partial charge in [-0.05, 0) is 18.4 Å². The summed E-state index contributed by atoms with van der Waals surface area (Å²) in [5, 5.41) is 3.21. The van der Waals surface area contributed by atoms with E-state index < -0.39 is 0 Å². The maximum atomic E-state index is 5.88. The zero-order valence-electron chi connectivity index (χ0n) is 11.0. The monoisotopic (exact) mass is 247 g/mol. The van der Waals surface area contributed by atoms with E-state index in [-0.39, 0.29) is 6.04 Å². The number of nitrogens with two attached hydrogens (primary N) is 1. The minimum Gasteiger partial charge on any atom is -0.491 e. The Kier molecular flexibility index (Phi) is 4.07. The number of aliphatic imine (C=N–C) groups is 1. The third-order valence-corrected chi connectivity index (χ3v) is 3.01. The first kappa shape index (κ1) is 12.7. The van der Waals surface area contributed by atoms with Crippen molar-refractivity contribution in [2.45, 2.75) is 26.3 Å². The van der Waals surface area contributed by atoms with Crippen LogP contribution in [0.1, 0.15) is 31.9 Å². The summed E-state index contributed by atoms with van der Waals surface area (Å²) in [6.07, 6.45) is 1.06. The molecule has 0 amide bonds. The molecule has 1 aromatic rings. The van der Waals surface area contributed by atoms with Gasteiger partial charge < -0.3 is 15.8 Å². The Balaban J connectivity index is 1.91. The summed E-state index contributed by atoms with van der Waals surface area (Å²) in [4.78, 5) is 4.33. The molecule has 3 N–H and O–H groups in total. The molecule has 1 atom stereocenters. The molecule has 18 heavy (non-hydrogen) atoms. The minimum atomic E-state index is 0.115. The van der Waals surface area contributed by atoms with E-state index in [2.05, 4.69) is 30.2 Å². The molecule has 0 aliphatic carbocycles. The van der Waals surface area contributed by atoms with Crippen LogP contribution in [0.25, 0.3) is 0 Å². The summed E-state index contributed by atoms with van der Waals surface area (Å²) in [6.45, 7) is 5.74. The lowest BCUT2D eigenvalue weighted by atomic mass is 10.1. The highest BCUT2D eigenvalue weighted by molar-refractivity contribution is 5.78. The van der Waals surface area contributed by atoms with Gasteiger partial charge in [0.15, 0.2) is 5.96 Å². The Morgan fingerprint density at radius 2 is 2.28 bits per heavy atom. The molecule has 2 rings (SSSR count). The number of benzene rings is 1. The number of rotatable bonds is 4. The number of hydrogen-bond donors (Lipinski definition) is 2. The molecule has 4 heteroatoms. The molecule has 0 fully saturated rings. The van der Waals surface area contributed by atoms with Crippen LogP contribution < -0.4 is 15.8 Å². The van der Waals surface area contributed by atoms with Crippen molar-refractivity contribution in [3.8, 4) is 5.75 Å². The van der Waals surface area contributed by atoms with Crippen LogP contribution in [0.5, 0.6) is 5.75 Å². The Bertz CT molecular complexity index is 429. The van der Waals surface area contributed by atoms with Gasteiger partial charge in [-0.1, -0.05) is 32.0 Å². The zero-order valence-corrected chi connectivity index (χ0v) is 11.0. The van der Waals surface area contributed by atoms with E-state index in [9.17, 15) is 0 Å². The molecule has 0 bridgehead atoms. The molecule has 0 aromatic heterocycles. The van der Waals surface area contributed by atoms with Crippen molar-refractivity contribution in [3.63, 3.8) is 0 Å². The third-order valence-electron chi connectivity index (χ3n) is 3.01. The smallest absolute Gasteiger partial charge is 0.189 e. The van der Waals surface area contributed by atoms with Crippen molar-refractivity contribution in [2.24, 2.45) is 16.6 Å². The number of nitrogens with zero attached hydrogens (tertiary/aromatic N) is 1. The second-order valence-electron chi connectivity index (χ2n) is 5.00. The van der Waals surface area contributed by atoms with Crippen molar-refractivity contribution in [3.05, 3.63) is 29.8 Å². The predicted octanol–water partition coefficient (Wildman–Crippen LogP) is 2.07. The molecule has 1 aromatic carbocycles. The normalized spacial score (nSPS) is 18.6. The van der Waals surface area contributed by atoms with E-state index in [0.29, 0.717) is 18.5 Å². The maximum absolute atomic E-state index is 5.88. The van der Waals surface area contributed by atoms with Crippen LogP contribution in [-0.2, 0) is 0 Å². The number of nitrogens with one attached hydrogen (secondary N) is 1. The fourth-order valence-corrected chi connectivity index (χ4v) is 1.95. The van der Waals surface area contributed by atoms with Gasteiger partial charge in [0.2, 0.25) is 0 Å². The van der Waals surface area contributed by atoms with Crippen LogP contribution in [0.3, 0.4) is 0 Å². The van der Waals surface area contributed by atoms with Gasteiger partial charge >= 0.3 is 0 Å². The van der Waals surface area contributed by atoms with Gasteiger partial charge in [-0.25, -0.2) is 0 Å².